The first kappa shape index (κ1) is 11.3. The molecule has 2 aliphatic heterocycles. The van der Waals surface area contributed by atoms with Gasteiger partial charge in [-0.3, -0.25) is 4.79 Å². The molecule has 0 aromatic heterocycles. The van der Waals surface area contributed by atoms with E-state index in [1.165, 1.54) is 12.8 Å². The standard InChI is InChI=1S/C15H18N2O2/c1-19-13-12-8-16-11-5-3-2-4-10(11)14(18)17(12)9-15(13)6-7-15/h2-5,12-13,16H,6-9H2,1H3. The van der Waals surface area contributed by atoms with E-state index in [4.69, 9.17) is 4.74 Å². The molecule has 2 atom stereocenters. The Morgan fingerprint density at radius 3 is 2.89 bits per heavy atom. The molecule has 4 nitrogen and oxygen atoms in total. The van der Waals surface area contributed by atoms with Gasteiger partial charge in [-0.2, -0.15) is 0 Å². The van der Waals surface area contributed by atoms with E-state index >= 15 is 0 Å². The quantitative estimate of drug-likeness (QED) is 0.834. The fraction of sp³-hybridized carbons (Fsp3) is 0.533. The maximum absolute atomic E-state index is 12.7. The molecule has 1 spiro atoms. The van der Waals surface area contributed by atoms with Crippen molar-refractivity contribution in [3.05, 3.63) is 29.8 Å². The minimum absolute atomic E-state index is 0.149. The van der Waals surface area contributed by atoms with Gasteiger partial charge in [0.15, 0.2) is 0 Å². The summed E-state index contributed by atoms with van der Waals surface area (Å²) in [5.41, 5.74) is 1.97. The molecule has 100 valence electrons. The van der Waals surface area contributed by atoms with Crippen LogP contribution in [0.3, 0.4) is 0 Å². The highest BCUT2D eigenvalue weighted by Gasteiger charge is 2.61. The molecule has 1 amide bonds. The topological polar surface area (TPSA) is 41.6 Å². The van der Waals surface area contributed by atoms with Gasteiger partial charge in [0.05, 0.1) is 17.7 Å². The SMILES string of the molecule is COC1C2CNc3ccccc3C(=O)N2CC12CC2. The summed E-state index contributed by atoms with van der Waals surface area (Å²) in [6, 6.07) is 7.94. The summed E-state index contributed by atoms with van der Waals surface area (Å²) in [4.78, 5) is 14.8. The van der Waals surface area contributed by atoms with E-state index < -0.39 is 0 Å². The molecule has 0 bridgehead atoms. The predicted molar refractivity (Wildman–Crippen MR) is 72.2 cm³/mol. The molecule has 1 aliphatic carbocycles. The van der Waals surface area contributed by atoms with E-state index in [0.29, 0.717) is 0 Å². The summed E-state index contributed by atoms with van der Waals surface area (Å²) in [6.45, 7) is 1.63. The van der Waals surface area contributed by atoms with Crippen molar-refractivity contribution < 1.29 is 9.53 Å². The van der Waals surface area contributed by atoms with Gasteiger partial charge in [0, 0.05) is 31.3 Å². The molecule has 2 heterocycles. The number of benzene rings is 1. The lowest BCUT2D eigenvalue weighted by atomic mass is 9.99. The maximum Gasteiger partial charge on any atom is 0.256 e. The van der Waals surface area contributed by atoms with Crippen LogP contribution in [0.4, 0.5) is 5.69 Å². The summed E-state index contributed by atoms with van der Waals surface area (Å²) in [5, 5.41) is 3.41. The summed E-state index contributed by atoms with van der Waals surface area (Å²) in [6.07, 6.45) is 2.55. The Labute approximate surface area is 112 Å². The van der Waals surface area contributed by atoms with Crippen molar-refractivity contribution in [1.29, 1.82) is 0 Å². The third-order valence-corrected chi connectivity index (χ3v) is 4.90. The largest absolute Gasteiger partial charge is 0.382 e. The first-order chi connectivity index (χ1) is 9.25. The van der Waals surface area contributed by atoms with Crippen molar-refractivity contribution >= 4 is 11.6 Å². The zero-order chi connectivity index (χ0) is 13.0. The maximum atomic E-state index is 12.7. The van der Waals surface area contributed by atoms with Crippen molar-refractivity contribution in [3.8, 4) is 0 Å². The number of rotatable bonds is 1. The Morgan fingerprint density at radius 2 is 2.16 bits per heavy atom. The lowest BCUT2D eigenvalue weighted by molar-refractivity contribution is 0.0385. The zero-order valence-electron chi connectivity index (χ0n) is 11.1. The molecule has 2 unspecified atom stereocenters. The van der Waals surface area contributed by atoms with Crippen LogP contribution in [0.2, 0.25) is 0 Å². The van der Waals surface area contributed by atoms with Gasteiger partial charge in [-0.05, 0) is 25.0 Å². The number of amides is 1. The molecule has 1 saturated carbocycles. The highest BCUT2D eigenvalue weighted by atomic mass is 16.5. The van der Waals surface area contributed by atoms with Crippen LogP contribution in [-0.4, -0.2) is 43.2 Å². The molecule has 1 aromatic rings. The third-order valence-electron chi connectivity index (χ3n) is 4.90. The Hall–Kier alpha value is -1.55. The normalized spacial score (nSPS) is 30.6. The molecule has 2 fully saturated rings. The third kappa shape index (κ3) is 1.46. The number of carbonyl (C=O) groups is 1. The second-order valence-electron chi connectivity index (χ2n) is 5.95. The van der Waals surface area contributed by atoms with Crippen LogP contribution in [0.25, 0.3) is 0 Å². The molecular formula is C15H18N2O2. The molecule has 1 saturated heterocycles. The molecule has 19 heavy (non-hydrogen) atoms. The number of nitrogens with one attached hydrogen (secondary N) is 1. The Morgan fingerprint density at radius 1 is 1.37 bits per heavy atom. The van der Waals surface area contributed by atoms with E-state index in [1.807, 2.05) is 29.2 Å². The lowest BCUT2D eigenvalue weighted by Crippen LogP contribution is -2.42. The van der Waals surface area contributed by atoms with Crippen LogP contribution in [-0.2, 0) is 4.74 Å². The molecule has 1 N–H and O–H groups in total. The Bertz CT molecular complexity index is 539. The van der Waals surface area contributed by atoms with E-state index in [-0.39, 0.29) is 23.5 Å². The molecule has 0 radical (unpaired) electrons. The van der Waals surface area contributed by atoms with Gasteiger partial charge in [0.25, 0.3) is 5.91 Å². The molecule has 3 aliphatic rings. The average Bonchev–Trinajstić information content (AvgIpc) is 3.14. The molecular weight excluding hydrogens is 240 g/mol. The average molecular weight is 258 g/mol. The van der Waals surface area contributed by atoms with Crippen molar-refractivity contribution in [3.63, 3.8) is 0 Å². The fourth-order valence-electron chi connectivity index (χ4n) is 3.76. The lowest BCUT2D eigenvalue weighted by Gasteiger charge is -2.25. The second-order valence-corrected chi connectivity index (χ2v) is 5.95. The van der Waals surface area contributed by atoms with Gasteiger partial charge in [-0.1, -0.05) is 12.1 Å². The van der Waals surface area contributed by atoms with Crippen molar-refractivity contribution in [2.45, 2.75) is 25.0 Å². The summed E-state index contributed by atoms with van der Waals surface area (Å²) in [5.74, 6) is 0.149. The number of nitrogens with zero attached hydrogens (tertiary/aromatic N) is 1. The number of fused-ring (bicyclic) bond motifs is 2. The minimum Gasteiger partial charge on any atom is -0.382 e. The second kappa shape index (κ2) is 3.73. The number of carbonyl (C=O) groups excluding carboxylic acids is 1. The molecule has 1 aromatic carbocycles. The number of hydrogen-bond acceptors (Lipinski definition) is 3. The summed E-state index contributed by atoms with van der Waals surface area (Å²) < 4.78 is 5.73. The van der Waals surface area contributed by atoms with Gasteiger partial charge in [0.2, 0.25) is 0 Å². The number of para-hydroxylation sites is 1. The van der Waals surface area contributed by atoms with Crippen LogP contribution in [0.15, 0.2) is 24.3 Å². The zero-order valence-corrected chi connectivity index (χ0v) is 11.1. The van der Waals surface area contributed by atoms with E-state index in [2.05, 4.69) is 5.32 Å². The van der Waals surface area contributed by atoms with Gasteiger partial charge < -0.3 is 15.0 Å². The smallest absolute Gasteiger partial charge is 0.256 e. The van der Waals surface area contributed by atoms with Gasteiger partial charge in [0.1, 0.15) is 0 Å². The first-order valence-electron chi connectivity index (χ1n) is 6.92. The molecule has 4 rings (SSSR count). The first-order valence-corrected chi connectivity index (χ1v) is 6.92. The van der Waals surface area contributed by atoms with E-state index in [9.17, 15) is 4.79 Å². The highest BCUT2D eigenvalue weighted by Crippen LogP contribution is 2.56. The Balaban J connectivity index is 1.75. The highest BCUT2D eigenvalue weighted by molar-refractivity contribution is 6.00. The van der Waals surface area contributed by atoms with E-state index in [1.54, 1.807) is 7.11 Å². The van der Waals surface area contributed by atoms with Gasteiger partial charge in [-0.15, -0.1) is 0 Å². The number of methoxy groups -OCH3 is 1. The van der Waals surface area contributed by atoms with Crippen LogP contribution in [0.1, 0.15) is 23.2 Å². The van der Waals surface area contributed by atoms with Gasteiger partial charge >= 0.3 is 0 Å². The fourth-order valence-corrected chi connectivity index (χ4v) is 3.76. The van der Waals surface area contributed by atoms with Crippen LogP contribution in [0.5, 0.6) is 0 Å². The van der Waals surface area contributed by atoms with Crippen molar-refractivity contribution in [2.75, 3.05) is 25.5 Å². The van der Waals surface area contributed by atoms with Crippen LogP contribution in [0, 0.1) is 5.41 Å². The predicted octanol–water partition coefficient (Wildman–Crippen LogP) is 1.73. The summed E-state index contributed by atoms with van der Waals surface area (Å²) >= 11 is 0. The number of hydrogen-bond donors (Lipinski definition) is 1. The monoisotopic (exact) mass is 258 g/mol. The number of anilines is 1. The summed E-state index contributed by atoms with van der Waals surface area (Å²) in [7, 11) is 1.77. The van der Waals surface area contributed by atoms with E-state index in [0.717, 1.165) is 24.3 Å². The Kier molecular flexibility index (Phi) is 2.22. The van der Waals surface area contributed by atoms with Gasteiger partial charge in [-0.25, -0.2) is 0 Å². The van der Waals surface area contributed by atoms with Crippen LogP contribution < -0.4 is 5.32 Å². The number of ether oxygens (including phenoxy) is 1. The van der Waals surface area contributed by atoms with Crippen molar-refractivity contribution in [1.82, 2.24) is 4.90 Å². The minimum atomic E-state index is 0.149. The molecule has 4 heteroatoms. The van der Waals surface area contributed by atoms with Crippen LogP contribution >= 0.6 is 0 Å². The van der Waals surface area contributed by atoms with Crippen molar-refractivity contribution in [2.24, 2.45) is 5.41 Å².